The normalized spacial score (nSPS) is 17.2. The van der Waals surface area contributed by atoms with E-state index in [9.17, 15) is 4.39 Å². The van der Waals surface area contributed by atoms with Crippen LogP contribution in [-0.4, -0.2) is 0 Å². The molecule has 0 saturated heterocycles. The Labute approximate surface area is 74.2 Å². The summed E-state index contributed by atoms with van der Waals surface area (Å²) in [6.45, 7) is 2.17. The summed E-state index contributed by atoms with van der Waals surface area (Å²) in [5, 5.41) is 0. The number of hydrogen-bond donors (Lipinski definition) is 0. The quantitative estimate of drug-likeness (QED) is 0.553. The number of halogens is 1. The van der Waals surface area contributed by atoms with Crippen LogP contribution in [0, 0.1) is 0 Å². The van der Waals surface area contributed by atoms with Crippen LogP contribution in [0.15, 0.2) is 23.6 Å². The average Bonchev–Trinajstić information content (AvgIpc) is 2.09. The van der Waals surface area contributed by atoms with Gasteiger partial charge in [0, 0.05) is 6.42 Å². The Balaban J connectivity index is 2.34. The topological polar surface area (TPSA) is 0 Å². The molecule has 1 aliphatic rings. The van der Waals surface area contributed by atoms with Crippen LogP contribution in [-0.2, 0) is 0 Å². The molecule has 0 heterocycles. The molecule has 0 saturated carbocycles. The van der Waals surface area contributed by atoms with Gasteiger partial charge in [0.25, 0.3) is 0 Å². The Kier molecular flexibility index (Phi) is 4.06. The van der Waals surface area contributed by atoms with Gasteiger partial charge in [-0.15, -0.1) is 0 Å². The van der Waals surface area contributed by atoms with E-state index in [2.05, 4.69) is 13.0 Å². The van der Waals surface area contributed by atoms with Crippen LogP contribution >= 0.6 is 0 Å². The van der Waals surface area contributed by atoms with Gasteiger partial charge in [-0.3, -0.25) is 0 Å². The van der Waals surface area contributed by atoms with Gasteiger partial charge in [-0.2, -0.15) is 0 Å². The summed E-state index contributed by atoms with van der Waals surface area (Å²) >= 11 is 0. The second kappa shape index (κ2) is 5.13. The van der Waals surface area contributed by atoms with Crippen molar-refractivity contribution in [3.63, 3.8) is 0 Å². The van der Waals surface area contributed by atoms with E-state index in [-0.39, 0.29) is 5.83 Å². The Hall–Kier alpha value is -0.590. The van der Waals surface area contributed by atoms with Crippen LogP contribution < -0.4 is 0 Å². The molecule has 0 bridgehead atoms. The molecule has 0 unspecified atom stereocenters. The zero-order valence-electron chi connectivity index (χ0n) is 7.78. The van der Waals surface area contributed by atoms with Crippen molar-refractivity contribution >= 4 is 0 Å². The third-order valence-electron chi connectivity index (χ3n) is 2.25. The summed E-state index contributed by atoms with van der Waals surface area (Å²) in [6.07, 6.45) is 10.0. The number of allylic oxidation sites excluding steroid dienone is 4. The largest absolute Gasteiger partial charge is 0.212 e. The Bertz CT molecular complexity index is 189. The molecule has 0 spiro atoms. The lowest BCUT2D eigenvalue weighted by atomic mass is 10.0. The molecule has 12 heavy (non-hydrogen) atoms. The first-order valence-corrected chi connectivity index (χ1v) is 4.88. The number of rotatable bonds is 4. The highest BCUT2D eigenvalue weighted by atomic mass is 19.1. The molecule has 1 aliphatic carbocycles. The summed E-state index contributed by atoms with van der Waals surface area (Å²) in [7, 11) is 0. The van der Waals surface area contributed by atoms with E-state index in [1.807, 2.05) is 6.08 Å². The monoisotopic (exact) mass is 168 g/mol. The molecule has 0 nitrogen and oxygen atoms in total. The van der Waals surface area contributed by atoms with Gasteiger partial charge in [0.15, 0.2) is 0 Å². The van der Waals surface area contributed by atoms with Crippen molar-refractivity contribution in [2.75, 3.05) is 0 Å². The zero-order chi connectivity index (χ0) is 8.81. The summed E-state index contributed by atoms with van der Waals surface area (Å²) in [4.78, 5) is 0. The SMILES string of the molecule is CCCCCC1=C(F)CCC=C1. The van der Waals surface area contributed by atoms with Crippen molar-refractivity contribution in [3.8, 4) is 0 Å². The average molecular weight is 168 g/mol. The molecule has 0 amide bonds. The van der Waals surface area contributed by atoms with Crippen molar-refractivity contribution in [2.24, 2.45) is 0 Å². The first-order chi connectivity index (χ1) is 5.84. The van der Waals surface area contributed by atoms with Gasteiger partial charge in [0.05, 0.1) is 0 Å². The van der Waals surface area contributed by atoms with Gasteiger partial charge in [-0.1, -0.05) is 31.9 Å². The Morgan fingerprint density at radius 2 is 2.25 bits per heavy atom. The molecule has 1 rings (SSSR count). The van der Waals surface area contributed by atoms with Crippen LogP contribution in [0.2, 0.25) is 0 Å². The molecular formula is C11H17F. The fourth-order valence-electron chi connectivity index (χ4n) is 1.47. The molecule has 0 aromatic rings. The fourth-order valence-corrected chi connectivity index (χ4v) is 1.47. The highest BCUT2D eigenvalue weighted by molar-refractivity contribution is 5.25. The third-order valence-corrected chi connectivity index (χ3v) is 2.25. The lowest BCUT2D eigenvalue weighted by Gasteiger charge is -2.08. The van der Waals surface area contributed by atoms with Gasteiger partial charge < -0.3 is 0 Å². The van der Waals surface area contributed by atoms with Gasteiger partial charge >= 0.3 is 0 Å². The molecular weight excluding hydrogens is 151 g/mol. The van der Waals surface area contributed by atoms with Gasteiger partial charge in [0.1, 0.15) is 5.83 Å². The highest BCUT2D eigenvalue weighted by Gasteiger charge is 2.06. The minimum atomic E-state index is 0.119. The van der Waals surface area contributed by atoms with Gasteiger partial charge in [-0.25, -0.2) is 4.39 Å². The molecule has 0 aliphatic heterocycles. The smallest absolute Gasteiger partial charge is 0.103 e. The van der Waals surface area contributed by atoms with Crippen LogP contribution in [0.3, 0.4) is 0 Å². The lowest BCUT2D eigenvalue weighted by molar-refractivity contribution is 0.565. The van der Waals surface area contributed by atoms with Crippen LogP contribution in [0.1, 0.15) is 45.4 Å². The van der Waals surface area contributed by atoms with Crippen LogP contribution in [0.5, 0.6) is 0 Å². The standard InChI is InChI=1S/C11H17F/c1-2-3-4-7-10-8-5-6-9-11(10)12/h5,8H,2-4,6-7,9H2,1H3. The molecule has 0 aromatic carbocycles. The predicted molar refractivity (Wildman–Crippen MR) is 50.7 cm³/mol. The first-order valence-electron chi connectivity index (χ1n) is 4.88. The Morgan fingerprint density at radius 3 is 2.92 bits per heavy atom. The zero-order valence-corrected chi connectivity index (χ0v) is 7.78. The minimum Gasteiger partial charge on any atom is -0.212 e. The maximum absolute atomic E-state index is 13.1. The van der Waals surface area contributed by atoms with Gasteiger partial charge in [-0.05, 0) is 24.8 Å². The second-order valence-corrected chi connectivity index (χ2v) is 3.33. The fraction of sp³-hybridized carbons (Fsp3) is 0.636. The number of unbranched alkanes of at least 4 members (excludes halogenated alkanes) is 2. The van der Waals surface area contributed by atoms with Crippen molar-refractivity contribution in [3.05, 3.63) is 23.6 Å². The van der Waals surface area contributed by atoms with E-state index in [1.54, 1.807) is 0 Å². The van der Waals surface area contributed by atoms with Crippen molar-refractivity contribution in [2.45, 2.75) is 45.4 Å². The van der Waals surface area contributed by atoms with Crippen molar-refractivity contribution in [1.82, 2.24) is 0 Å². The maximum Gasteiger partial charge on any atom is 0.103 e. The second-order valence-electron chi connectivity index (χ2n) is 3.33. The predicted octanol–water partition coefficient (Wildman–Crippen LogP) is 4.14. The molecule has 0 aromatic heterocycles. The van der Waals surface area contributed by atoms with Crippen LogP contribution in [0.25, 0.3) is 0 Å². The molecule has 68 valence electrons. The van der Waals surface area contributed by atoms with E-state index in [0.29, 0.717) is 6.42 Å². The van der Waals surface area contributed by atoms with Gasteiger partial charge in [0.2, 0.25) is 0 Å². The molecule has 0 radical (unpaired) electrons. The lowest BCUT2D eigenvalue weighted by Crippen LogP contribution is -1.90. The number of hydrogen-bond acceptors (Lipinski definition) is 0. The van der Waals surface area contributed by atoms with Crippen molar-refractivity contribution < 1.29 is 4.39 Å². The molecule has 1 heteroatoms. The van der Waals surface area contributed by atoms with E-state index < -0.39 is 0 Å². The van der Waals surface area contributed by atoms with E-state index in [0.717, 1.165) is 24.8 Å². The van der Waals surface area contributed by atoms with E-state index in [4.69, 9.17) is 0 Å². The summed E-state index contributed by atoms with van der Waals surface area (Å²) in [5.41, 5.74) is 0.940. The minimum absolute atomic E-state index is 0.119. The summed E-state index contributed by atoms with van der Waals surface area (Å²) in [6, 6.07) is 0. The van der Waals surface area contributed by atoms with Crippen LogP contribution in [0.4, 0.5) is 4.39 Å². The summed E-state index contributed by atoms with van der Waals surface area (Å²) < 4.78 is 13.1. The Morgan fingerprint density at radius 1 is 1.42 bits per heavy atom. The third kappa shape index (κ3) is 2.80. The molecule has 0 atom stereocenters. The van der Waals surface area contributed by atoms with E-state index >= 15 is 0 Å². The van der Waals surface area contributed by atoms with E-state index in [1.165, 1.54) is 12.8 Å². The highest BCUT2D eigenvalue weighted by Crippen LogP contribution is 2.23. The maximum atomic E-state index is 13.1. The first kappa shape index (κ1) is 9.50. The molecule has 0 fully saturated rings. The molecule has 0 N–H and O–H groups in total. The van der Waals surface area contributed by atoms with Crippen molar-refractivity contribution in [1.29, 1.82) is 0 Å². The summed E-state index contributed by atoms with van der Waals surface area (Å²) in [5.74, 6) is 0.119.